The molecule has 0 amide bonds. The van der Waals surface area contributed by atoms with Crippen LogP contribution in [0.5, 0.6) is 5.75 Å². The van der Waals surface area contributed by atoms with Crippen molar-refractivity contribution in [1.29, 1.82) is 0 Å². The van der Waals surface area contributed by atoms with Gasteiger partial charge in [-0.25, -0.2) is 0 Å². The van der Waals surface area contributed by atoms with Crippen molar-refractivity contribution in [2.45, 2.75) is 72.1 Å². The lowest BCUT2D eigenvalue weighted by molar-refractivity contribution is -0.143. The standard InChI is InChI=1S/C26H35N3O3/c1-6-18(2)10-9-15-32-24(30)14-13-19-16-20(26(3,4)5)25(31)23(17-19)29-27-21-11-7-8-12-22(21)28-29/h7-8,11-12,16-18,31H,6,9-10,13-15H2,1-5H3. The third-order valence-corrected chi connectivity index (χ3v) is 5.88. The van der Waals surface area contributed by atoms with E-state index in [-0.39, 0.29) is 17.1 Å². The van der Waals surface area contributed by atoms with Gasteiger partial charge in [0.15, 0.2) is 0 Å². The summed E-state index contributed by atoms with van der Waals surface area (Å²) >= 11 is 0. The maximum atomic E-state index is 12.3. The van der Waals surface area contributed by atoms with Gasteiger partial charge in [-0.15, -0.1) is 15.0 Å². The molecule has 1 atom stereocenters. The van der Waals surface area contributed by atoms with E-state index < -0.39 is 0 Å². The molecule has 1 aromatic heterocycles. The highest BCUT2D eigenvalue weighted by Crippen LogP contribution is 2.36. The predicted molar refractivity (Wildman–Crippen MR) is 127 cm³/mol. The second kappa shape index (κ2) is 10.2. The van der Waals surface area contributed by atoms with E-state index in [9.17, 15) is 9.90 Å². The molecule has 0 saturated heterocycles. The number of hydrogen-bond acceptors (Lipinski definition) is 5. The number of benzene rings is 2. The number of fused-ring (bicyclic) bond motifs is 1. The summed E-state index contributed by atoms with van der Waals surface area (Å²) in [4.78, 5) is 13.7. The minimum Gasteiger partial charge on any atom is -0.505 e. The second-order valence-corrected chi connectivity index (χ2v) is 9.62. The number of phenolic OH excluding ortho intramolecular Hbond substituents is 1. The number of phenols is 1. The predicted octanol–water partition coefficient (Wildman–Crippen LogP) is 5.73. The zero-order valence-electron chi connectivity index (χ0n) is 19.9. The Bertz CT molecular complexity index is 1030. The van der Waals surface area contributed by atoms with Crippen molar-refractivity contribution in [3.63, 3.8) is 0 Å². The van der Waals surface area contributed by atoms with Crippen molar-refractivity contribution >= 4 is 17.0 Å². The SMILES string of the molecule is CCC(C)CCCOC(=O)CCc1cc(-n2nc3ccccc3n2)c(O)c(C(C)(C)C)c1. The lowest BCUT2D eigenvalue weighted by Gasteiger charge is -2.23. The number of ether oxygens (including phenoxy) is 1. The summed E-state index contributed by atoms with van der Waals surface area (Å²) in [7, 11) is 0. The van der Waals surface area contributed by atoms with Crippen molar-refractivity contribution in [3.8, 4) is 11.4 Å². The molecular weight excluding hydrogens is 402 g/mol. The van der Waals surface area contributed by atoms with Gasteiger partial charge >= 0.3 is 5.97 Å². The van der Waals surface area contributed by atoms with Crippen LogP contribution < -0.4 is 0 Å². The van der Waals surface area contributed by atoms with E-state index in [0.717, 1.165) is 41.4 Å². The van der Waals surface area contributed by atoms with Gasteiger partial charge in [0.25, 0.3) is 0 Å². The normalized spacial score (nSPS) is 12.8. The smallest absolute Gasteiger partial charge is 0.306 e. The van der Waals surface area contributed by atoms with Gasteiger partial charge in [0.1, 0.15) is 22.5 Å². The van der Waals surface area contributed by atoms with Crippen molar-refractivity contribution in [2.75, 3.05) is 6.61 Å². The number of aromatic nitrogens is 3. The first-order valence-corrected chi connectivity index (χ1v) is 11.5. The molecule has 172 valence electrons. The third kappa shape index (κ3) is 5.87. The zero-order chi connectivity index (χ0) is 23.3. The molecule has 3 rings (SSSR count). The number of aryl methyl sites for hydroxylation is 1. The molecule has 0 spiro atoms. The van der Waals surface area contributed by atoms with Crippen LogP contribution in [0.4, 0.5) is 0 Å². The number of rotatable bonds is 9. The van der Waals surface area contributed by atoms with Gasteiger partial charge in [-0.05, 0) is 54.4 Å². The van der Waals surface area contributed by atoms with E-state index in [2.05, 4.69) is 24.0 Å². The first-order chi connectivity index (χ1) is 15.2. The van der Waals surface area contributed by atoms with Gasteiger partial charge in [-0.3, -0.25) is 4.79 Å². The van der Waals surface area contributed by atoms with Crippen LogP contribution in [0, 0.1) is 5.92 Å². The maximum absolute atomic E-state index is 12.3. The first kappa shape index (κ1) is 23.8. The fourth-order valence-electron chi connectivity index (χ4n) is 3.65. The lowest BCUT2D eigenvalue weighted by atomic mass is 9.84. The highest BCUT2D eigenvalue weighted by atomic mass is 16.5. The van der Waals surface area contributed by atoms with Crippen LogP contribution in [-0.4, -0.2) is 32.7 Å². The van der Waals surface area contributed by atoms with Gasteiger partial charge in [0.2, 0.25) is 0 Å². The third-order valence-electron chi connectivity index (χ3n) is 5.88. The van der Waals surface area contributed by atoms with Crippen LogP contribution in [0.3, 0.4) is 0 Å². The monoisotopic (exact) mass is 437 g/mol. The van der Waals surface area contributed by atoms with Crippen molar-refractivity contribution in [3.05, 3.63) is 47.5 Å². The minimum atomic E-state index is -0.280. The fourth-order valence-corrected chi connectivity index (χ4v) is 3.65. The van der Waals surface area contributed by atoms with Gasteiger partial charge in [0.05, 0.1) is 6.61 Å². The molecular formula is C26H35N3O3. The molecule has 0 aliphatic heterocycles. The van der Waals surface area contributed by atoms with Crippen molar-refractivity contribution in [1.82, 2.24) is 15.0 Å². The zero-order valence-corrected chi connectivity index (χ0v) is 19.9. The highest BCUT2D eigenvalue weighted by molar-refractivity contribution is 5.74. The van der Waals surface area contributed by atoms with Gasteiger partial charge in [-0.2, -0.15) is 0 Å². The number of aromatic hydroxyl groups is 1. The Kier molecular flexibility index (Phi) is 7.54. The summed E-state index contributed by atoms with van der Waals surface area (Å²) < 4.78 is 5.42. The van der Waals surface area contributed by atoms with E-state index >= 15 is 0 Å². The molecule has 32 heavy (non-hydrogen) atoms. The number of hydrogen-bond donors (Lipinski definition) is 1. The topological polar surface area (TPSA) is 77.2 Å². The molecule has 1 unspecified atom stereocenters. The average molecular weight is 438 g/mol. The molecule has 0 fully saturated rings. The molecule has 2 aromatic carbocycles. The average Bonchev–Trinajstić information content (AvgIpc) is 3.19. The maximum Gasteiger partial charge on any atom is 0.306 e. The van der Waals surface area contributed by atoms with Crippen LogP contribution >= 0.6 is 0 Å². The minimum absolute atomic E-state index is 0.161. The molecule has 1 heterocycles. The van der Waals surface area contributed by atoms with Crippen LogP contribution in [0.2, 0.25) is 0 Å². The van der Waals surface area contributed by atoms with Crippen LogP contribution in [-0.2, 0) is 21.4 Å². The lowest BCUT2D eigenvalue weighted by Crippen LogP contribution is -2.14. The van der Waals surface area contributed by atoms with Crippen LogP contribution in [0.1, 0.15) is 71.4 Å². The van der Waals surface area contributed by atoms with Crippen LogP contribution in [0.25, 0.3) is 16.7 Å². The number of carbonyl (C=O) groups is 1. The van der Waals surface area contributed by atoms with Crippen molar-refractivity contribution < 1.29 is 14.6 Å². The second-order valence-electron chi connectivity index (χ2n) is 9.62. The van der Waals surface area contributed by atoms with Gasteiger partial charge < -0.3 is 9.84 Å². The molecule has 1 N–H and O–H groups in total. The van der Waals surface area contributed by atoms with Crippen molar-refractivity contribution in [2.24, 2.45) is 5.92 Å². The van der Waals surface area contributed by atoms with Crippen LogP contribution in [0.15, 0.2) is 36.4 Å². The summed E-state index contributed by atoms with van der Waals surface area (Å²) in [5.74, 6) is 0.630. The summed E-state index contributed by atoms with van der Waals surface area (Å²) in [6.07, 6.45) is 3.95. The van der Waals surface area contributed by atoms with E-state index in [0.29, 0.717) is 31.1 Å². The number of carbonyl (C=O) groups excluding carboxylic acids is 1. The molecule has 0 radical (unpaired) electrons. The van der Waals surface area contributed by atoms with E-state index in [1.165, 1.54) is 4.80 Å². The van der Waals surface area contributed by atoms with E-state index in [1.807, 2.05) is 57.2 Å². The largest absolute Gasteiger partial charge is 0.505 e. The quantitative estimate of drug-likeness (QED) is 0.342. The Morgan fingerprint density at radius 3 is 2.41 bits per heavy atom. The molecule has 0 aliphatic carbocycles. The summed E-state index contributed by atoms with van der Waals surface area (Å²) in [5.41, 5.74) is 3.50. The van der Waals surface area contributed by atoms with Gasteiger partial charge in [-0.1, -0.05) is 59.2 Å². The van der Waals surface area contributed by atoms with E-state index in [4.69, 9.17) is 4.74 Å². The number of nitrogens with zero attached hydrogens (tertiary/aromatic N) is 3. The Morgan fingerprint density at radius 1 is 1.16 bits per heavy atom. The summed E-state index contributed by atoms with van der Waals surface area (Å²) in [6, 6.07) is 11.4. The Morgan fingerprint density at radius 2 is 1.81 bits per heavy atom. The number of esters is 1. The molecule has 6 nitrogen and oxygen atoms in total. The summed E-state index contributed by atoms with van der Waals surface area (Å²) in [6.45, 7) is 11.0. The first-order valence-electron chi connectivity index (χ1n) is 11.5. The molecule has 0 saturated carbocycles. The Balaban J connectivity index is 1.77. The van der Waals surface area contributed by atoms with Gasteiger partial charge in [0, 0.05) is 12.0 Å². The Hall–Kier alpha value is -2.89. The highest BCUT2D eigenvalue weighted by Gasteiger charge is 2.23. The molecule has 0 aliphatic rings. The van der Waals surface area contributed by atoms with E-state index in [1.54, 1.807) is 0 Å². The summed E-state index contributed by atoms with van der Waals surface area (Å²) in [5, 5.41) is 20.1. The fraction of sp³-hybridized carbons (Fsp3) is 0.500. The molecule has 3 aromatic rings. The molecule has 6 heteroatoms. The molecule has 0 bridgehead atoms. The Labute approximate surface area is 190 Å².